The summed E-state index contributed by atoms with van der Waals surface area (Å²) in [6, 6.07) is 18.5. The molecule has 0 bridgehead atoms. The number of nitrogens with one attached hydrogen (secondary N) is 3. The van der Waals surface area contributed by atoms with Gasteiger partial charge in [-0.3, -0.25) is 0 Å². The summed E-state index contributed by atoms with van der Waals surface area (Å²) in [7, 11) is 0. The molecule has 382 valence electrons. The van der Waals surface area contributed by atoms with Crippen LogP contribution in [0.4, 0.5) is 9.59 Å². The zero-order chi connectivity index (χ0) is 50.4. The van der Waals surface area contributed by atoms with Gasteiger partial charge in [0, 0.05) is 37.9 Å². The molecule has 0 saturated carbocycles. The molecule has 0 spiro atoms. The SMILES string of the molecule is CC(C)(C)OC(=O)N[C@@H](Cc1ccccc1)C(O)CN.CC(C)(C=O)CCCC1(C)OCCO1.CC(C)(CCCC1(C)OCCO1)CNCC(O)[C@H](Cc1ccccc1)NC(=O)OC(C)(C)C. The first-order chi connectivity index (χ1) is 31.2. The number of carbonyl (C=O) groups excluding carboxylic acids is 3. The number of amides is 2. The lowest BCUT2D eigenvalue weighted by molar-refractivity contribution is -0.148. The van der Waals surface area contributed by atoms with E-state index in [4.69, 9.17) is 34.2 Å². The van der Waals surface area contributed by atoms with Gasteiger partial charge in [0.05, 0.1) is 50.7 Å². The molecule has 7 N–H and O–H groups in total. The zero-order valence-corrected chi connectivity index (χ0v) is 42.9. The van der Waals surface area contributed by atoms with Crippen molar-refractivity contribution < 1.29 is 53.0 Å². The summed E-state index contributed by atoms with van der Waals surface area (Å²) in [6.45, 7) is 27.1. The van der Waals surface area contributed by atoms with Crippen LogP contribution in [0.1, 0.15) is 133 Å². The smallest absolute Gasteiger partial charge is 0.407 e. The summed E-state index contributed by atoms with van der Waals surface area (Å²) >= 11 is 0. The standard InChI is InChI=1S/C26H44N2O5.C15H24N2O3.C11H20O3/c1-24(2,3)33-23(30)28-21(17-20-11-8-7-9-12-20)22(29)18-27-19-25(4,5)13-10-14-26(6)31-15-16-32-26;1-15(2,3)20-14(19)17-12(13(18)10-16)9-11-7-5-4-6-8-11;1-10(2,9-12)5-4-6-11(3)13-7-8-14-11/h7-9,11-12,21-22,27,29H,10,13-19H2,1-6H3,(H,28,30);4-8,12-13,18H,9-10,16H2,1-3H3,(H,17,19);9H,4-8H2,1-3H3/t21-,22?;12-,13?;/m00./s1. The molecule has 15 heteroatoms. The molecular weight excluding hydrogens is 857 g/mol. The number of aliphatic hydroxyl groups excluding tert-OH is 2. The lowest BCUT2D eigenvalue weighted by Gasteiger charge is -2.30. The number of aliphatic hydroxyl groups is 2. The molecule has 2 unspecified atom stereocenters. The zero-order valence-electron chi connectivity index (χ0n) is 42.9. The second kappa shape index (κ2) is 28.1. The third kappa shape index (κ3) is 26.6. The van der Waals surface area contributed by atoms with Crippen LogP contribution in [-0.4, -0.2) is 122 Å². The number of alkyl carbamates (subject to hydrolysis) is 2. The van der Waals surface area contributed by atoms with Crippen LogP contribution in [0.25, 0.3) is 0 Å². The lowest BCUT2D eigenvalue weighted by atomic mass is 9.86. The number of nitrogens with two attached hydrogens (primary N) is 1. The Bertz CT molecular complexity index is 1690. The summed E-state index contributed by atoms with van der Waals surface area (Å²) in [4.78, 5) is 34.8. The molecule has 2 fully saturated rings. The summed E-state index contributed by atoms with van der Waals surface area (Å²) in [5, 5.41) is 29.8. The topological polar surface area (TPSA) is 209 Å². The van der Waals surface area contributed by atoms with Crippen molar-refractivity contribution in [1.29, 1.82) is 0 Å². The fourth-order valence-electron chi connectivity index (χ4n) is 7.39. The number of aldehydes is 1. The van der Waals surface area contributed by atoms with Gasteiger partial charge in [-0.1, -0.05) is 88.4 Å². The lowest BCUT2D eigenvalue weighted by Crippen LogP contribution is -2.50. The summed E-state index contributed by atoms with van der Waals surface area (Å²) in [6.07, 6.45) is 5.00. The van der Waals surface area contributed by atoms with Crippen LogP contribution in [0.15, 0.2) is 60.7 Å². The predicted octanol–water partition coefficient (Wildman–Crippen LogP) is 7.62. The van der Waals surface area contributed by atoms with E-state index < -0.39 is 59.3 Å². The summed E-state index contributed by atoms with van der Waals surface area (Å²) < 4.78 is 32.9. The van der Waals surface area contributed by atoms with E-state index in [2.05, 4.69) is 29.8 Å². The van der Waals surface area contributed by atoms with Crippen LogP contribution >= 0.6 is 0 Å². The van der Waals surface area contributed by atoms with Gasteiger partial charge in [0.1, 0.15) is 17.5 Å². The summed E-state index contributed by atoms with van der Waals surface area (Å²) in [5.41, 5.74) is 6.22. The van der Waals surface area contributed by atoms with E-state index in [1.807, 2.05) is 109 Å². The Morgan fingerprint density at radius 2 is 1.06 bits per heavy atom. The van der Waals surface area contributed by atoms with Crippen LogP contribution in [-0.2, 0) is 46.1 Å². The van der Waals surface area contributed by atoms with Crippen molar-refractivity contribution in [2.45, 2.75) is 182 Å². The third-order valence-corrected chi connectivity index (χ3v) is 11.2. The van der Waals surface area contributed by atoms with Crippen LogP contribution in [0.2, 0.25) is 0 Å². The molecule has 0 aromatic heterocycles. The van der Waals surface area contributed by atoms with Crippen molar-refractivity contribution in [2.24, 2.45) is 16.6 Å². The van der Waals surface area contributed by atoms with Crippen LogP contribution in [0.5, 0.6) is 0 Å². The van der Waals surface area contributed by atoms with E-state index in [0.29, 0.717) is 45.8 Å². The van der Waals surface area contributed by atoms with Crippen molar-refractivity contribution in [3.8, 4) is 0 Å². The Labute approximate surface area is 402 Å². The van der Waals surface area contributed by atoms with Crippen LogP contribution < -0.4 is 21.7 Å². The monoisotopic (exact) mass is 945 g/mol. The Kier molecular flexibility index (Phi) is 24.9. The molecule has 2 amide bonds. The van der Waals surface area contributed by atoms with Gasteiger partial charge in [0.25, 0.3) is 0 Å². The van der Waals surface area contributed by atoms with Gasteiger partial charge in [0.2, 0.25) is 0 Å². The second-order valence-electron chi connectivity index (χ2n) is 21.5. The van der Waals surface area contributed by atoms with E-state index in [0.717, 1.165) is 62.5 Å². The van der Waals surface area contributed by atoms with Crippen LogP contribution in [0, 0.1) is 10.8 Å². The molecule has 2 heterocycles. The number of hydrogen-bond donors (Lipinski definition) is 6. The number of hydrogen-bond acceptors (Lipinski definition) is 13. The Morgan fingerprint density at radius 3 is 1.43 bits per heavy atom. The molecule has 0 aliphatic carbocycles. The molecule has 15 nitrogen and oxygen atoms in total. The molecule has 2 aromatic rings. The number of carbonyl (C=O) groups is 3. The summed E-state index contributed by atoms with van der Waals surface area (Å²) in [5.74, 6) is -0.851. The maximum Gasteiger partial charge on any atom is 0.407 e. The molecule has 2 aromatic carbocycles. The van der Waals surface area contributed by atoms with Crippen molar-refractivity contribution in [3.63, 3.8) is 0 Å². The fourth-order valence-corrected chi connectivity index (χ4v) is 7.39. The Morgan fingerprint density at radius 1 is 0.672 bits per heavy atom. The van der Waals surface area contributed by atoms with E-state index in [9.17, 15) is 24.6 Å². The Balaban J connectivity index is 0.000000383. The predicted molar refractivity (Wildman–Crippen MR) is 262 cm³/mol. The third-order valence-electron chi connectivity index (χ3n) is 11.2. The van der Waals surface area contributed by atoms with E-state index in [1.165, 1.54) is 0 Å². The molecule has 67 heavy (non-hydrogen) atoms. The molecule has 4 atom stereocenters. The minimum absolute atomic E-state index is 0.0577. The minimum atomic E-state index is -0.817. The van der Waals surface area contributed by atoms with Gasteiger partial charge in [0.15, 0.2) is 11.6 Å². The minimum Gasteiger partial charge on any atom is -0.444 e. The van der Waals surface area contributed by atoms with Gasteiger partial charge in [-0.25, -0.2) is 9.59 Å². The van der Waals surface area contributed by atoms with Gasteiger partial charge >= 0.3 is 12.2 Å². The van der Waals surface area contributed by atoms with Gasteiger partial charge in [-0.2, -0.15) is 0 Å². The maximum atomic E-state index is 12.4. The first-order valence-electron chi connectivity index (χ1n) is 24.0. The molecular formula is C52H88N4O11. The van der Waals surface area contributed by atoms with Crippen molar-refractivity contribution in [2.75, 3.05) is 46.1 Å². The molecule has 2 aliphatic rings. The van der Waals surface area contributed by atoms with E-state index in [1.54, 1.807) is 20.8 Å². The molecule has 0 radical (unpaired) electrons. The van der Waals surface area contributed by atoms with E-state index >= 15 is 0 Å². The molecule has 2 aliphatic heterocycles. The van der Waals surface area contributed by atoms with Gasteiger partial charge < -0.3 is 65.1 Å². The van der Waals surface area contributed by atoms with Crippen molar-refractivity contribution in [3.05, 3.63) is 71.8 Å². The fraction of sp³-hybridized carbons (Fsp3) is 0.712. The van der Waals surface area contributed by atoms with Crippen LogP contribution in [0.3, 0.4) is 0 Å². The van der Waals surface area contributed by atoms with Crippen molar-refractivity contribution >= 4 is 18.5 Å². The first-order valence-corrected chi connectivity index (χ1v) is 24.0. The largest absolute Gasteiger partial charge is 0.444 e. The quantitative estimate of drug-likeness (QED) is 0.0629. The highest BCUT2D eigenvalue weighted by atomic mass is 16.7. The molecule has 2 saturated heterocycles. The Hall–Kier alpha value is -3.67. The highest BCUT2D eigenvalue weighted by molar-refractivity contribution is 5.68. The highest BCUT2D eigenvalue weighted by Crippen LogP contribution is 2.30. The van der Waals surface area contributed by atoms with Crippen molar-refractivity contribution in [1.82, 2.24) is 16.0 Å². The number of ether oxygens (including phenoxy) is 6. The normalized spacial score (nSPS) is 17.6. The maximum absolute atomic E-state index is 12.4. The van der Waals surface area contributed by atoms with E-state index in [-0.39, 0.29) is 17.4 Å². The average Bonchev–Trinajstić information content (AvgIpc) is 3.87. The van der Waals surface area contributed by atoms with Gasteiger partial charge in [-0.05, 0) is 110 Å². The number of rotatable bonds is 22. The highest BCUT2D eigenvalue weighted by Gasteiger charge is 2.33. The van der Waals surface area contributed by atoms with Gasteiger partial charge in [-0.15, -0.1) is 0 Å². The average molecular weight is 945 g/mol. The number of benzene rings is 2. The molecule has 4 rings (SSSR count). The second-order valence-corrected chi connectivity index (χ2v) is 21.5. The first kappa shape index (κ1) is 59.5.